The fourth-order valence-electron chi connectivity index (χ4n) is 1.81. The molecular weight excluding hydrogens is 267 g/mol. The van der Waals surface area contributed by atoms with Crippen molar-refractivity contribution in [2.45, 2.75) is 19.9 Å². The quantitative estimate of drug-likeness (QED) is 0.868. The molecule has 2 nitrogen and oxygen atoms in total. The van der Waals surface area contributed by atoms with Crippen molar-refractivity contribution in [2.75, 3.05) is 5.32 Å². The van der Waals surface area contributed by atoms with Crippen LogP contribution >= 0.6 is 23.2 Å². The number of hydrogen-bond acceptors (Lipinski definition) is 2. The van der Waals surface area contributed by atoms with Crippen LogP contribution in [0.3, 0.4) is 0 Å². The first-order valence-corrected chi connectivity index (χ1v) is 6.45. The topological polar surface area (TPSA) is 24.9 Å². The second-order valence-electron chi connectivity index (χ2n) is 4.28. The van der Waals surface area contributed by atoms with E-state index in [0.29, 0.717) is 10.0 Å². The number of hydrogen-bond donors (Lipinski definition) is 1. The molecule has 0 radical (unpaired) electrons. The molecule has 0 saturated heterocycles. The van der Waals surface area contributed by atoms with Crippen molar-refractivity contribution in [2.24, 2.45) is 0 Å². The van der Waals surface area contributed by atoms with E-state index in [1.807, 2.05) is 31.3 Å². The fourth-order valence-corrected chi connectivity index (χ4v) is 2.39. The summed E-state index contributed by atoms with van der Waals surface area (Å²) >= 11 is 12.1. The summed E-state index contributed by atoms with van der Waals surface area (Å²) in [6, 6.07) is 7.68. The Hall–Kier alpha value is -1.25. The summed E-state index contributed by atoms with van der Waals surface area (Å²) in [5.74, 6) is 0. The number of aryl methyl sites for hydroxylation is 1. The Balaban J connectivity index is 2.19. The Morgan fingerprint density at radius 2 is 1.94 bits per heavy atom. The molecule has 0 aliphatic heterocycles. The third-order valence-electron chi connectivity index (χ3n) is 2.69. The molecular formula is C14H14Cl2N2. The van der Waals surface area contributed by atoms with Crippen molar-refractivity contribution < 1.29 is 0 Å². The lowest BCUT2D eigenvalue weighted by atomic mass is 10.1. The fraction of sp³-hybridized carbons (Fsp3) is 0.214. The lowest BCUT2D eigenvalue weighted by molar-refractivity contribution is 0.882. The van der Waals surface area contributed by atoms with E-state index in [1.54, 1.807) is 12.3 Å². The minimum atomic E-state index is 0.0957. The van der Waals surface area contributed by atoms with Crippen LogP contribution in [0.15, 0.2) is 36.7 Å². The third-order valence-corrected chi connectivity index (χ3v) is 3.25. The predicted octanol–water partition coefficient (Wildman–Crippen LogP) is 4.87. The summed E-state index contributed by atoms with van der Waals surface area (Å²) in [5, 5.41) is 4.69. The van der Waals surface area contributed by atoms with E-state index in [1.165, 1.54) is 0 Å². The van der Waals surface area contributed by atoms with E-state index in [9.17, 15) is 0 Å². The molecule has 0 spiro atoms. The highest BCUT2D eigenvalue weighted by Gasteiger charge is 2.10. The van der Waals surface area contributed by atoms with Crippen molar-refractivity contribution >= 4 is 28.9 Å². The number of halogens is 2. The molecule has 4 heteroatoms. The van der Waals surface area contributed by atoms with Gasteiger partial charge in [-0.1, -0.05) is 29.3 Å². The lowest BCUT2D eigenvalue weighted by Gasteiger charge is -2.17. The van der Waals surface area contributed by atoms with E-state index in [0.717, 1.165) is 16.8 Å². The van der Waals surface area contributed by atoms with Crippen LogP contribution in [-0.2, 0) is 0 Å². The van der Waals surface area contributed by atoms with Gasteiger partial charge >= 0.3 is 0 Å². The molecule has 18 heavy (non-hydrogen) atoms. The first-order valence-electron chi connectivity index (χ1n) is 5.69. The van der Waals surface area contributed by atoms with E-state index >= 15 is 0 Å². The molecule has 1 unspecified atom stereocenters. The van der Waals surface area contributed by atoms with Crippen LogP contribution in [-0.4, -0.2) is 4.98 Å². The number of aromatic nitrogens is 1. The molecule has 1 aromatic carbocycles. The molecule has 0 saturated carbocycles. The Bertz CT molecular complexity index is 555. The molecule has 2 rings (SSSR count). The molecule has 1 heterocycles. The van der Waals surface area contributed by atoms with Gasteiger partial charge in [0.2, 0.25) is 0 Å². The number of anilines is 1. The number of nitrogens with one attached hydrogen (secondary N) is 1. The molecule has 2 aromatic rings. The van der Waals surface area contributed by atoms with Crippen LogP contribution in [0.4, 0.5) is 5.69 Å². The van der Waals surface area contributed by atoms with Gasteiger partial charge in [0.25, 0.3) is 0 Å². The largest absolute Gasteiger partial charge is 0.377 e. The smallest absolute Gasteiger partial charge is 0.0534 e. The minimum Gasteiger partial charge on any atom is -0.377 e. The van der Waals surface area contributed by atoms with Crippen molar-refractivity contribution in [3.8, 4) is 0 Å². The molecule has 0 amide bonds. The second kappa shape index (κ2) is 5.59. The zero-order chi connectivity index (χ0) is 13.1. The molecule has 1 atom stereocenters. The standard InChI is InChI=1S/C14H14Cl2N2/c1-9-5-12(8-17-7-9)18-10(2)13-4-3-11(15)6-14(13)16/h3-8,10,18H,1-2H3. The van der Waals surface area contributed by atoms with Gasteiger partial charge in [-0.15, -0.1) is 0 Å². The summed E-state index contributed by atoms with van der Waals surface area (Å²) in [6.07, 6.45) is 3.62. The molecule has 0 bridgehead atoms. The van der Waals surface area contributed by atoms with E-state index in [-0.39, 0.29) is 6.04 Å². The molecule has 0 aliphatic carbocycles. The number of nitrogens with zero attached hydrogens (tertiary/aromatic N) is 1. The highest BCUT2D eigenvalue weighted by atomic mass is 35.5. The first-order chi connectivity index (χ1) is 8.56. The van der Waals surface area contributed by atoms with Crippen LogP contribution in [0.1, 0.15) is 24.1 Å². The monoisotopic (exact) mass is 280 g/mol. The van der Waals surface area contributed by atoms with E-state index in [4.69, 9.17) is 23.2 Å². The Morgan fingerprint density at radius 1 is 1.17 bits per heavy atom. The predicted molar refractivity (Wildman–Crippen MR) is 77.5 cm³/mol. The van der Waals surface area contributed by atoms with Crippen molar-refractivity contribution in [3.05, 3.63) is 57.8 Å². The van der Waals surface area contributed by atoms with E-state index in [2.05, 4.69) is 17.2 Å². The van der Waals surface area contributed by atoms with Gasteiger partial charge < -0.3 is 5.32 Å². The molecule has 0 aliphatic rings. The van der Waals surface area contributed by atoms with Crippen molar-refractivity contribution in [1.82, 2.24) is 4.98 Å². The van der Waals surface area contributed by atoms with Gasteiger partial charge in [-0.25, -0.2) is 0 Å². The Labute approximate surface area is 117 Å². The maximum atomic E-state index is 6.18. The lowest BCUT2D eigenvalue weighted by Crippen LogP contribution is -2.07. The maximum absolute atomic E-state index is 6.18. The van der Waals surface area contributed by atoms with Crippen molar-refractivity contribution in [3.63, 3.8) is 0 Å². The first kappa shape index (κ1) is 13.2. The molecule has 94 valence electrons. The van der Waals surface area contributed by atoms with Crippen LogP contribution in [0.5, 0.6) is 0 Å². The SMILES string of the molecule is Cc1cncc(NC(C)c2ccc(Cl)cc2Cl)c1. The van der Waals surface area contributed by atoms with Gasteiger partial charge in [-0.2, -0.15) is 0 Å². The Kier molecular flexibility index (Phi) is 4.10. The molecule has 0 fully saturated rings. The van der Waals surface area contributed by atoms with Crippen LogP contribution < -0.4 is 5.32 Å². The number of pyridine rings is 1. The summed E-state index contributed by atoms with van der Waals surface area (Å²) in [4.78, 5) is 4.15. The third kappa shape index (κ3) is 3.15. The zero-order valence-electron chi connectivity index (χ0n) is 10.2. The van der Waals surface area contributed by atoms with Crippen LogP contribution in [0.25, 0.3) is 0 Å². The number of rotatable bonds is 3. The van der Waals surface area contributed by atoms with Gasteiger partial charge in [-0.3, -0.25) is 4.98 Å². The summed E-state index contributed by atoms with van der Waals surface area (Å²) in [7, 11) is 0. The van der Waals surface area contributed by atoms with Crippen LogP contribution in [0, 0.1) is 6.92 Å². The van der Waals surface area contributed by atoms with Gasteiger partial charge in [0.15, 0.2) is 0 Å². The minimum absolute atomic E-state index is 0.0957. The summed E-state index contributed by atoms with van der Waals surface area (Å²) in [5.41, 5.74) is 3.12. The number of benzene rings is 1. The van der Waals surface area contributed by atoms with Gasteiger partial charge in [-0.05, 0) is 43.2 Å². The van der Waals surface area contributed by atoms with E-state index < -0.39 is 0 Å². The second-order valence-corrected chi connectivity index (χ2v) is 5.13. The average molecular weight is 281 g/mol. The Morgan fingerprint density at radius 3 is 2.61 bits per heavy atom. The average Bonchev–Trinajstić information content (AvgIpc) is 2.28. The zero-order valence-corrected chi connectivity index (χ0v) is 11.8. The van der Waals surface area contributed by atoms with Gasteiger partial charge in [0.1, 0.15) is 0 Å². The van der Waals surface area contributed by atoms with Crippen LogP contribution in [0.2, 0.25) is 10.0 Å². The maximum Gasteiger partial charge on any atom is 0.0534 e. The van der Waals surface area contributed by atoms with Gasteiger partial charge in [0, 0.05) is 22.4 Å². The summed E-state index contributed by atoms with van der Waals surface area (Å²) in [6.45, 7) is 4.07. The van der Waals surface area contributed by atoms with Crippen molar-refractivity contribution in [1.29, 1.82) is 0 Å². The highest BCUT2D eigenvalue weighted by Crippen LogP contribution is 2.28. The highest BCUT2D eigenvalue weighted by molar-refractivity contribution is 6.35. The normalized spacial score (nSPS) is 12.2. The molecule has 1 aromatic heterocycles. The van der Waals surface area contributed by atoms with Gasteiger partial charge in [0.05, 0.1) is 11.7 Å². The molecule has 1 N–H and O–H groups in total. The summed E-state index contributed by atoms with van der Waals surface area (Å²) < 4.78 is 0.